The number of pyridine rings is 1. The summed E-state index contributed by atoms with van der Waals surface area (Å²) in [5.41, 5.74) is 5.40. The van der Waals surface area contributed by atoms with Crippen LogP contribution < -0.4 is 0 Å². The van der Waals surface area contributed by atoms with Gasteiger partial charge in [0.15, 0.2) is 0 Å². The number of aromatic nitrogens is 1. The Morgan fingerprint density at radius 1 is 0.833 bits per heavy atom. The highest BCUT2D eigenvalue weighted by Gasteiger charge is 2.06. The first-order chi connectivity index (χ1) is 8.93. The molecule has 1 aliphatic rings. The van der Waals surface area contributed by atoms with E-state index in [-0.39, 0.29) is 0 Å². The van der Waals surface area contributed by atoms with Gasteiger partial charge < -0.3 is 0 Å². The van der Waals surface area contributed by atoms with Gasteiger partial charge in [-0.2, -0.15) is 0 Å². The van der Waals surface area contributed by atoms with Crippen molar-refractivity contribution in [2.75, 3.05) is 0 Å². The normalized spacial score (nSPS) is 14.1. The molecular weight excluding hydrogens is 218 g/mol. The van der Waals surface area contributed by atoms with E-state index in [2.05, 4.69) is 47.5 Å². The maximum absolute atomic E-state index is 4.18. The lowest BCUT2D eigenvalue weighted by Gasteiger charge is -2.11. The highest BCUT2D eigenvalue weighted by Crippen LogP contribution is 2.21. The van der Waals surface area contributed by atoms with Crippen molar-refractivity contribution in [3.05, 3.63) is 65.0 Å². The molecule has 2 aromatic rings. The van der Waals surface area contributed by atoms with Crippen LogP contribution in [0.25, 0.3) is 12.2 Å². The third-order valence-corrected chi connectivity index (χ3v) is 3.11. The van der Waals surface area contributed by atoms with Gasteiger partial charge in [-0.3, -0.25) is 4.98 Å². The smallest absolute Gasteiger partial charge is 0.0343 e. The van der Waals surface area contributed by atoms with Gasteiger partial charge in [0.25, 0.3) is 0 Å². The summed E-state index contributed by atoms with van der Waals surface area (Å²) >= 11 is 0. The molecular formula is C17H19N. The Balaban J connectivity index is 0.000000574. The number of nitrogens with zero attached hydrogens (tertiary/aromatic N) is 1. The van der Waals surface area contributed by atoms with E-state index >= 15 is 0 Å². The van der Waals surface area contributed by atoms with Crippen molar-refractivity contribution in [1.82, 2.24) is 4.98 Å². The number of hydrogen-bond donors (Lipinski definition) is 0. The van der Waals surface area contributed by atoms with E-state index in [1.165, 1.54) is 22.3 Å². The molecule has 0 unspecified atom stereocenters. The molecule has 1 aliphatic carbocycles. The second-order valence-electron chi connectivity index (χ2n) is 4.11. The average molecular weight is 237 g/mol. The van der Waals surface area contributed by atoms with Gasteiger partial charge in [0.2, 0.25) is 0 Å². The summed E-state index contributed by atoms with van der Waals surface area (Å²) in [5, 5.41) is 0. The quantitative estimate of drug-likeness (QED) is 0.662. The zero-order chi connectivity index (χ0) is 12.8. The summed E-state index contributed by atoms with van der Waals surface area (Å²) in [4.78, 5) is 4.18. The van der Waals surface area contributed by atoms with Crippen LogP contribution in [0.15, 0.2) is 42.7 Å². The molecule has 1 nitrogen and oxygen atoms in total. The minimum Gasteiger partial charge on any atom is -0.264 e. The number of hydrogen-bond acceptors (Lipinski definition) is 1. The first-order valence-electron chi connectivity index (χ1n) is 6.62. The lowest BCUT2D eigenvalue weighted by Crippen LogP contribution is -1.99. The molecule has 0 bridgehead atoms. The van der Waals surface area contributed by atoms with Crippen LogP contribution in [0.3, 0.4) is 0 Å². The maximum Gasteiger partial charge on any atom is 0.0343 e. The van der Waals surface area contributed by atoms with Crippen molar-refractivity contribution in [1.29, 1.82) is 0 Å². The molecule has 0 aliphatic heterocycles. The fraction of sp³-hybridized carbons (Fsp3) is 0.235. The van der Waals surface area contributed by atoms with Crippen LogP contribution in [0.2, 0.25) is 0 Å². The highest BCUT2D eigenvalue weighted by atomic mass is 14.6. The second kappa shape index (κ2) is 6.15. The van der Waals surface area contributed by atoms with Crippen LogP contribution in [0.4, 0.5) is 0 Å². The molecule has 1 heteroatoms. The topological polar surface area (TPSA) is 12.9 Å². The maximum atomic E-state index is 4.18. The fourth-order valence-electron chi connectivity index (χ4n) is 2.19. The summed E-state index contributed by atoms with van der Waals surface area (Å²) in [7, 11) is 0. The van der Waals surface area contributed by atoms with Crippen molar-refractivity contribution in [2.24, 2.45) is 0 Å². The summed E-state index contributed by atoms with van der Waals surface area (Å²) in [6.07, 6.45) is 10.4. The van der Waals surface area contributed by atoms with Crippen LogP contribution in [0.1, 0.15) is 36.1 Å². The predicted molar refractivity (Wildman–Crippen MR) is 78.4 cm³/mol. The largest absolute Gasteiger partial charge is 0.264 e. The molecule has 3 rings (SSSR count). The minimum atomic E-state index is 1.10. The van der Waals surface area contributed by atoms with Crippen LogP contribution in [-0.2, 0) is 12.8 Å². The van der Waals surface area contributed by atoms with Gasteiger partial charge in [0.1, 0.15) is 0 Å². The zero-order valence-electron chi connectivity index (χ0n) is 11.1. The summed E-state index contributed by atoms with van der Waals surface area (Å²) in [6.45, 7) is 4.00. The molecule has 0 N–H and O–H groups in total. The summed E-state index contributed by atoms with van der Waals surface area (Å²) in [6, 6.07) is 10.7. The molecule has 0 fully saturated rings. The Labute approximate surface area is 109 Å². The molecule has 0 amide bonds. The van der Waals surface area contributed by atoms with Gasteiger partial charge in [-0.15, -0.1) is 0 Å². The van der Waals surface area contributed by atoms with Gasteiger partial charge in [-0.05, 0) is 41.2 Å². The lowest BCUT2D eigenvalue weighted by molar-refractivity contribution is 0.947. The number of fused-ring (bicyclic) bond motifs is 2. The predicted octanol–water partition coefficient (Wildman–Crippen LogP) is 4.38. The van der Waals surface area contributed by atoms with Gasteiger partial charge in [-0.25, -0.2) is 0 Å². The molecule has 18 heavy (non-hydrogen) atoms. The minimum absolute atomic E-state index is 1.10. The highest BCUT2D eigenvalue weighted by molar-refractivity contribution is 5.73. The van der Waals surface area contributed by atoms with Gasteiger partial charge in [0.05, 0.1) is 0 Å². The van der Waals surface area contributed by atoms with E-state index in [4.69, 9.17) is 0 Å². The molecule has 0 spiro atoms. The summed E-state index contributed by atoms with van der Waals surface area (Å²) < 4.78 is 0. The third-order valence-electron chi connectivity index (χ3n) is 3.11. The molecule has 1 aromatic carbocycles. The van der Waals surface area contributed by atoms with Gasteiger partial charge in [-0.1, -0.05) is 50.3 Å². The Morgan fingerprint density at radius 3 is 2.33 bits per heavy atom. The lowest BCUT2D eigenvalue weighted by atomic mass is 9.94. The van der Waals surface area contributed by atoms with Crippen LogP contribution >= 0.6 is 0 Å². The molecule has 0 radical (unpaired) electrons. The van der Waals surface area contributed by atoms with Crippen LogP contribution in [0, 0.1) is 0 Å². The number of benzene rings is 1. The molecule has 0 saturated heterocycles. The van der Waals surface area contributed by atoms with Gasteiger partial charge in [0, 0.05) is 12.4 Å². The van der Waals surface area contributed by atoms with E-state index in [1.807, 2.05) is 26.2 Å². The molecule has 0 saturated carbocycles. The van der Waals surface area contributed by atoms with E-state index in [1.54, 1.807) is 0 Å². The Bertz CT molecular complexity index is 491. The van der Waals surface area contributed by atoms with Crippen molar-refractivity contribution in [2.45, 2.75) is 26.7 Å². The third kappa shape index (κ3) is 2.67. The Morgan fingerprint density at radius 2 is 1.50 bits per heavy atom. The Hall–Kier alpha value is -1.89. The number of rotatable bonds is 0. The van der Waals surface area contributed by atoms with Gasteiger partial charge >= 0.3 is 0 Å². The van der Waals surface area contributed by atoms with Crippen LogP contribution in [-0.4, -0.2) is 4.98 Å². The van der Waals surface area contributed by atoms with E-state index < -0.39 is 0 Å². The van der Waals surface area contributed by atoms with Crippen molar-refractivity contribution in [3.8, 4) is 0 Å². The van der Waals surface area contributed by atoms with E-state index in [9.17, 15) is 0 Å². The average Bonchev–Trinajstić information content (AvgIpc) is 2.44. The zero-order valence-corrected chi connectivity index (χ0v) is 11.1. The van der Waals surface area contributed by atoms with Crippen LogP contribution in [0.5, 0.6) is 0 Å². The Kier molecular flexibility index (Phi) is 4.30. The van der Waals surface area contributed by atoms with E-state index in [0.29, 0.717) is 0 Å². The monoisotopic (exact) mass is 237 g/mol. The first-order valence-corrected chi connectivity index (χ1v) is 6.62. The van der Waals surface area contributed by atoms with Crippen molar-refractivity contribution < 1.29 is 0 Å². The number of aryl methyl sites for hydroxylation is 2. The standard InChI is InChI=1S/C15H13N.C2H6/c1-2-4-13-7-8-15-11-16-10-9-14(15)6-5-12(13)3-1;1-2/h1-4,7-11H,5-6H2;1-2H3/b8-7-;. The molecule has 92 valence electrons. The SMILES string of the molecule is C1=C\c2cnccc2CCc2ccccc2/1.CC. The molecule has 1 aromatic heterocycles. The molecule has 1 heterocycles. The van der Waals surface area contributed by atoms with E-state index in [0.717, 1.165) is 12.8 Å². The second-order valence-corrected chi connectivity index (χ2v) is 4.11. The summed E-state index contributed by atoms with van der Waals surface area (Å²) in [5.74, 6) is 0. The van der Waals surface area contributed by atoms with Crippen molar-refractivity contribution >= 4 is 12.2 Å². The first kappa shape index (κ1) is 12.6. The van der Waals surface area contributed by atoms with Crippen molar-refractivity contribution in [3.63, 3.8) is 0 Å². The molecule has 0 atom stereocenters. The fourth-order valence-corrected chi connectivity index (χ4v) is 2.19.